The highest BCUT2D eigenvalue weighted by Crippen LogP contribution is 2.29. The maximum absolute atomic E-state index is 13.2. The maximum atomic E-state index is 13.2. The fourth-order valence-corrected chi connectivity index (χ4v) is 4.35. The molecule has 1 amide bonds. The molecule has 174 valence electrons. The summed E-state index contributed by atoms with van der Waals surface area (Å²) in [5.74, 6) is 0.445. The molecule has 0 aliphatic heterocycles. The highest BCUT2D eigenvalue weighted by atomic mass is 19.1. The Bertz CT molecular complexity index is 1260. The zero-order valence-electron chi connectivity index (χ0n) is 18.2. The molecule has 0 aromatic carbocycles. The highest BCUT2D eigenvalue weighted by molar-refractivity contribution is 6.00. The van der Waals surface area contributed by atoms with Crippen molar-refractivity contribution in [3.63, 3.8) is 0 Å². The number of nitrogens with zero attached hydrogens (tertiary/aromatic N) is 4. The van der Waals surface area contributed by atoms with Crippen molar-refractivity contribution < 1.29 is 14.3 Å². The number of aliphatic hydroxyl groups excluding tert-OH is 1. The third kappa shape index (κ3) is 4.04. The van der Waals surface area contributed by atoms with Gasteiger partial charge in [-0.25, -0.2) is 9.37 Å². The topological polar surface area (TPSA) is 126 Å². The summed E-state index contributed by atoms with van der Waals surface area (Å²) in [4.78, 5) is 30.3. The quantitative estimate of drug-likeness (QED) is 0.448. The van der Waals surface area contributed by atoms with Crippen LogP contribution in [0.5, 0.6) is 0 Å². The lowest BCUT2D eigenvalue weighted by molar-refractivity contribution is 0.0739. The van der Waals surface area contributed by atoms with Crippen LogP contribution < -0.4 is 21.5 Å². The predicted octanol–water partition coefficient (Wildman–Crippen LogP) is 1.99. The summed E-state index contributed by atoms with van der Waals surface area (Å²) in [6.45, 7) is 0. The molecular formula is C22H26FN7O3. The Morgan fingerprint density at radius 2 is 2.09 bits per heavy atom. The molecule has 0 bridgehead atoms. The summed E-state index contributed by atoms with van der Waals surface area (Å²) in [5.41, 5.74) is 0.533. The first-order chi connectivity index (χ1) is 16.0. The molecule has 5 rings (SSSR count). The lowest BCUT2D eigenvalue weighted by Crippen LogP contribution is -2.34. The first-order valence-corrected chi connectivity index (χ1v) is 11.1. The van der Waals surface area contributed by atoms with E-state index in [4.69, 9.17) is 0 Å². The van der Waals surface area contributed by atoms with E-state index in [0.717, 1.165) is 19.3 Å². The average Bonchev–Trinajstić information content (AvgIpc) is 3.32. The van der Waals surface area contributed by atoms with Gasteiger partial charge in [0.25, 0.3) is 11.5 Å². The lowest BCUT2D eigenvalue weighted by atomic mass is 9.92. The van der Waals surface area contributed by atoms with Gasteiger partial charge in [0.1, 0.15) is 29.1 Å². The molecule has 0 radical (unpaired) electrons. The number of alkyl halides is 1. The zero-order valence-corrected chi connectivity index (χ0v) is 18.2. The number of pyridine rings is 1. The van der Waals surface area contributed by atoms with Crippen LogP contribution in [0.25, 0.3) is 5.65 Å². The molecule has 2 unspecified atom stereocenters. The summed E-state index contributed by atoms with van der Waals surface area (Å²) >= 11 is 0. The number of aliphatic hydroxyl groups is 1. The summed E-state index contributed by atoms with van der Waals surface area (Å²) in [6, 6.07) is 4.34. The van der Waals surface area contributed by atoms with Gasteiger partial charge < -0.3 is 25.6 Å². The Kier molecular flexibility index (Phi) is 5.49. The van der Waals surface area contributed by atoms with Crippen LogP contribution in [0.15, 0.2) is 35.4 Å². The largest absolute Gasteiger partial charge is 0.391 e. The summed E-state index contributed by atoms with van der Waals surface area (Å²) < 4.78 is 16.3. The van der Waals surface area contributed by atoms with E-state index in [1.807, 2.05) is 0 Å². The third-order valence-corrected chi connectivity index (χ3v) is 6.29. The van der Waals surface area contributed by atoms with Crippen molar-refractivity contribution >= 4 is 28.9 Å². The minimum Gasteiger partial charge on any atom is -0.391 e. The van der Waals surface area contributed by atoms with E-state index in [1.54, 1.807) is 36.0 Å². The van der Waals surface area contributed by atoms with Crippen molar-refractivity contribution in [2.45, 2.75) is 56.5 Å². The average molecular weight is 455 g/mol. The fourth-order valence-electron chi connectivity index (χ4n) is 4.35. The van der Waals surface area contributed by atoms with E-state index in [1.165, 1.54) is 10.7 Å². The van der Waals surface area contributed by atoms with Gasteiger partial charge in [0.2, 0.25) is 0 Å². The number of anilines is 3. The summed E-state index contributed by atoms with van der Waals surface area (Å²) in [5, 5.41) is 23.3. The first-order valence-electron chi connectivity index (χ1n) is 11.1. The van der Waals surface area contributed by atoms with Gasteiger partial charge in [-0.05, 0) is 25.0 Å². The number of halogens is 1. The van der Waals surface area contributed by atoms with Gasteiger partial charge in [0.05, 0.1) is 24.4 Å². The Hall–Kier alpha value is -3.47. The van der Waals surface area contributed by atoms with E-state index in [0.29, 0.717) is 30.2 Å². The maximum Gasteiger partial charge on any atom is 0.274 e. The second kappa shape index (κ2) is 8.47. The number of hydrogen-bond donors (Lipinski definition) is 4. The van der Waals surface area contributed by atoms with Crippen molar-refractivity contribution in [3.05, 3.63) is 46.5 Å². The smallest absolute Gasteiger partial charge is 0.274 e. The number of amides is 1. The second-order valence-corrected chi connectivity index (χ2v) is 8.58. The molecule has 10 nitrogen and oxygen atoms in total. The molecule has 3 aromatic rings. The molecular weight excluding hydrogens is 429 g/mol. The number of nitrogens with one attached hydrogen (secondary N) is 3. The minimum atomic E-state index is -1.02. The molecule has 3 heterocycles. The number of rotatable bonds is 6. The molecule has 2 fully saturated rings. The van der Waals surface area contributed by atoms with Crippen LogP contribution in [0.4, 0.5) is 21.7 Å². The number of carbonyl (C=O) groups excluding carboxylic acids is 1. The number of fused-ring (bicyclic) bond motifs is 1. The van der Waals surface area contributed by atoms with Crippen LogP contribution in [0, 0.1) is 0 Å². The Labute approximate surface area is 188 Å². The normalized spacial score (nSPS) is 24.5. The van der Waals surface area contributed by atoms with Crippen molar-refractivity contribution in [1.29, 1.82) is 0 Å². The second-order valence-electron chi connectivity index (χ2n) is 8.58. The molecule has 0 spiro atoms. The van der Waals surface area contributed by atoms with Crippen molar-refractivity contribution in [2.24, 2.45) is 0 Å². The van der Waals surface area contributed by atoms with Crippen molar-refractivity contribution in [1.82, 2.24) is 24.5 Å². The van der Waals surface area contributed by atoms with E-state index in [2.05, 4.69) is 26.0 Å². The van der Waals surface area contributed by atoms with E-state index in [9.17, 15) is 19.1 Å². The molecule has 2 saturated carbocycles. The van der Waals surface area contributed by atoms with Gasteiger partial charge in [-0.15, -0.1) is 0 Å². The number of carbonyl (C=O) groups is 1. The zero-order chi connectivity index (χ0) is 23.1. The highest BCUT2D eigenvalue weighted by Gasteiger charge is 2.39. The lowest BCUT2D eigenvalue weighted by Gasteiger charge is -2.29. The van der Waals surface area contributed by atoms with Gasteiger partial charge in [-0.3, -0.25) is 9.59 Å². The van der Waals surface area contributed by atoms with E-state index in [-0.39, 0.29) is 22.8 Å². The van der Waals surface area contributed by atoms with Crippen molar-refractivity contribution in [3.8, 4) is 0 Å². The standard InChI is InChI=1S/C22H26FN7O3/c1-24-19-10-18(28-20-12(11-25-30(19)20)21(32)27-15-9-13(15)23)26-14-5-4-8-29(22(14)33)16-6-2-3-7-17(16)31/h4-5,8,10-11,13,15-17,24,31H,2-3,6-7,9H2,1H3,(H,26,28)(H,27,32)/t13-,15?,16?,17+/m0/s1. The summed E-state index contributed by atoms with van der Waals surface area (Å²) in [7, 11) is 1.71. The number of hydrogen-bond acceptors (Lipinski definition) is 7. The van der Waals surface area contributed by atoms with E-state index < -0.39 is 24.2 Å². The third-order valence-electron chi connectivity index (χ3n) is 6.29. The molecule has 4 atom stereocenters. The molecule has 2 aliphatic carbocycles. The molecule has 4 N–H and O–H groups in total. The molecule has 0 saturated heterocycles. The number of aromatic nitrogens is 4. The van der Waals surface area contributed by atoms with Crippen LogP contribution in [-0.2, 0) is 0 Å². The Morgan fingerprint density at radius 1 is 1.30 bits per heavy atom. The first kappa shape index (κ1) is 21.4. The molecule has 3 aromatic heterocycles. The van der Waals surface area contributed by atoms with Gasteiger partial charge in [0, 0.05) is 25.7 Å². The minimum absolute atomic E-state index is 0.213. The van der Waals surface area contributed by atoms with Crippen molar-refractivity contribution in [2.75, 3.05) is 17.7 Å². The van der Waals surface area contributed by atoms with Gasteiger partial charge >= 0.3 is 0 Å². The van der Waals surface area contributed by atoms with Crippen LogP contribution in [-0.4, -0.2) is 55.5 Å². The van der Waals surface area contributed by atoms with Gasteiger partial charge in [0.15, 0.2) is 5.65 Å². The van der Waals surface area contributed by atoms with Gasteiger partial charge in [-0.2, -0.15) is 9.61 Å². The Balaban J connectivity index is 1.48. The molecule has 33 heavy (non-hydrogen) atoms. The predicted molar refractivity (Wildman–Crippen MR) is 121 cm³/mol. The van der Waals surface area contributed by atoms with Crippen LogP contribution in [0.3, 0.4) is 0 Å². The molecule has 2 aliphatic rings. The summed E-state index contributed by atoms with van der Waals surface area (Å²) in [6.07, 6.45) is 5.15. The van der Waals surface area contributed by atoms with Gasteiger partial charge in [-0.1, -0.05) is 12.8 Å². The fraction of sp³-hybridized carbons (Fsp3) is 0.455. The Morgan fingerprint density at radius 3 is 2.82 bits per heavy atom. The monoisotopic (exact) mass is 455 g/mol. The van der Waals surface area contributed by atoms with Crippen LogP contribution in [0.1, 0.15) is 48.5 Å². The van der Waals surface area contributed by atoms with E-state index >= 15 is 0 Å². The molecule has 11 heteroatoms. The van der Waals surface area contributed by atoms with Crippen LogP contribution >= 0.6 is 0 Å². The van der Waals surface area contributed by atoms with Crippen LogP contribution in [0.2, 0.25) is 0 Å². The SMILES string of the molecule is CNc1cc(Nc2cccn(C3CCCC[C@H]3O)c2=O)nc2c(C(=O)NC3C[C@@H]3F)cnn12.